The molecule has 1 atom stereocenters. The van der Waals surface area contributed by atoms with Crippen molar-refractivity contribution >= 4 is 29.2 Å². The molecule has 84 valence electrons. The third-order valence-electron chi connectivity index (χ3n) is 2.10. The van der Waals surface area contributed by atoms with Gasteiger partial charge in [0.2, 0.25) is 0 Å². The second-order valence-corrected chi connectivity index (χ2v) is 3.64. The van der Waals surface area contributed by atoms with E-state index >= 15 is 0 Å². The van der Waals surface area contributed by atoms with Crippen LogP contribution in [0.1, 0.15) is 12.8 Å². The smallest absolute Gasteiger partial charge is 0.323 e. The molecular weight excluding hydrogens is 218 g/mol. The molecule has 0 radical (unpaired) electrons. The summed E-state index contributed by atoms with van der Waals surface area (Å²) in [6.45, 7) is 0.112. The molecule has 7 heteroatoms. The summed E-state index contributed by atoms with van der Waals surface area (Å²) in [5, 5.41) is 11.5. The third kappa shape index (κ3) is 2.87. The number of amides is 1. The van der Waals surface area contributed by atoms with Crippen molar-refractivity contribution in [3.63, 3.8) is 0 Å². The van der Waals surface area contributed by atoms with Crippen LogP contribution in [0.2, 0.25) is 0 Å². The highest BCUT2D eigenvalue weighted by atomic mass is 32.1. The standard InChI is InChI=1S/C8H13N3O3S/c9-3-1-2-5-7(14)11(4-6(12)13)8(15)10-5/h5H,1-4,9H2,(H,10,15)(H,12,13). The van der Waals surface area contributed by atoms with Crippen molar-refractivity contribution in [3.8, 4) is 0 Å². The summed E-state index contributed by atoms with van der Waals surface area (Å²) in [5.41, 5.74) is 5.32. The predicted octanol–water partition coefficient (Wildman–Crippen LogP) is -1.10. The van der Waals surface area contributed by atoms with Crippen molar-refractivity contribution in [1.82, 2.24) is 10.2 Å². The molecule has 0 aliphatic carbocycles. The summed E-state index contributed by atoms with van der Waals surface area (Å²) < 4.78 is 0. The minimum atomic E-state index is -1.08. The van der Waals surface area contributed by atoms with Gasteiger partial charge in [-0.15, -0.1) is 0 Å². The summed E-state index contributed by atoms with van der Waals surface area (Å²) in [7, 11) is 0. The zero-order valence-electron chi connectivity index (χ0n) is 8.10. The molecule has 0 aromatic heterocycles. The maximum absolute atomic E-state index is 11.6. The van der Waals surface area contributed by atoms with Crippen LogP contribution in [0.4, 0.5) is 0 Å². The number of carbonyl (C=O) groups excluding carboxylic acids is 1. The number of thiocarbonyl (C=S) groups is 1. The van der Waals surface area contributed by atoms with Crippen LogP contribution in [0, 0.1) is 0 Å². The number of carboxylic acids is 1. The largest absolute Gasteiger partial charge is 0.480 e. The van der Waals surface area contributed by atoms with E-state index in [1.165, 1.54) is 0 Å². The first-order chi connectivity index (χ1) is 7.06. The highest BCUT2D eigenvalue weighted by molar-refractivity contribution is 7.80. The van der Waals surface area contributed by atoms with Gasteiger partial charge in [-0.1, -0.05) is 0 Å². The van der Waals surface area contributed by atoms with E-state index in [2.05, 4.69) is 5.32 Å². The Morgan fingerprint density at radius 2 is 2.33 bits per heavy atom. The van der Waals surface area contributed by atoms with E-state index < -0.39 is 12.0 Å². The fourth-order valence-corrected chi connectivity index (χ4v) is 1.68. The average Bonchev–Trinajstić information content (AvgIpc) is 2.42. The molecule has 1 amide bonds. The van der Waals surface area contributed by atoms with Gasteiger partial charge >= 0.3 is 5.97 Å². The van der Waals surface area contributed by atoms with E-state index in [1.54, 1.807) is 0 Å². The number of carboxylic acid groups (broad SMARTS) is 1. The molecule has 1 unspecified atom stereocenters. The Balaban J connectivity index is 2.58. The molecule has 1 saturated heterocycles. The molecule has 0 aromatic carbocycles. The van der Waals surface area contributed by atoms with Crippen molar-refractivity contribution in [2.75, 3.05) is 13.1 Å². The SMILES string of the molecule is NCCCC1NC(=S)N(CC(=O)O)C1=O. The summed E-state index contributed by atoms with van der Waals surface area (Å²) in [5.74, 6) is -1.36. The van der Waals surface area contributed by atoms with Crippen LogP contribution < -0.4 is 11.1 Å². The molecular formula is C8H13N3O3S. The fourth-order valence-electron chi connectivity index (χ4n) is 1.38. The number of hydrogen-bond donors (Lipinski definition) is 3. The molecule has 1 aliphatic rings. The molecule has 1 heterocycles. The molecule has 0 bridgehead atoms. The van der Waals surface area contributed by atoms with E-state index in [4.69, 9.17) is 23.1 Å². The third-order valence-corrected chi connectivity index (χ3v) is 2.44. The summed E-state index contributed by atoms with van der Waals surface area (Å²) in [4.78, 5) is 23.2. The van der Waals surface area contributed by atoms with Gasteiger partial charge in [0.15, 0.2) is 5.11 Å². The number of rotatable bonds is 5. The lowest BCUT2D eigenvalue weighted by molar-refractivity contribution is -0.141. The molecule has 1 fully saturated rings. The predicted molar refractivity (Wildman–Crippen MR) is 57.2 cm³/mol. The summed E-state index contributed by atoms with van der Waals surface area (Å²) in [6.07, 6.45) is 1.28. The molecule has 1 rings (SSSR count). The molecule has 4 N–H and O–H groups in total. The van der Waals surface area contributed by atoms with E-state index in [9.17, 15) is 9.59 Å². The van der Waals surface area contributed by atoms with Crippen molar-refractivity contribution in [1.29, 1.82) is 0 Å². The van der Waals surface area contributed by atoms with E-state index in [0.29, 0.717) is 19.4 Å². The Morgan fingerprint density at radius 1 is 1.67 bits per heavy atom. The van der Waals surface area contributed by atoms with Gasteiger partial charge in [0, 0.05) is 0 Å². The lowest BCUT2D eigenvalue weighted by atomic mass is 10.1. The van der Waals surface area contributed by atoms with Gasteiger partial charge in [-0.3, -0.25) is 14.5 Å². The molecule has 6 nitrogen and oxygen atoms in total. The van der Waals surface area contributed by atoms with Gasteiger partial charge < -0.3 is 16.2 Å². The maximum Gasteiger partial charge on any atom is 0.323 e. The number of hydrogen-bond acceptors (Lipinski definition) is 4. The lowest BCUT2D eigenvalue weighted by Gasteiger charge is -2.10. The van der Waals surface area contributed by atoms with Gasteiger partial charge in [-0.2, -0.15) is 0 Å². The number of carbonyl (C=O) groups is 2. The van der Waals surface area contributed by atoms with Crippen LogP contribution in [-0.4, -0.2) is 46.1 Å². The Morgan fingerprint density at radius 3 is 2.87 bits per heavy atom. The minimum Gasteiger partial charge on any atom is -0.480 e. The molecule has 15 heavy (non-hydrogen) atoms. The average molecular weight is 231 g/mol. The highest BCUT2D eigenvalue weighted by Crippen LogP contribution is 2.10. The minimum absolute atomic E-state index is 0.185. The first-order valence-electron chi connectivity index (χ1n) is 4.60. The first kappa shape index (κ1) is 11.9. The number of nitrogens with one attached hydrogen (secondary N) is 1. The van der Waals surface area contributed by atoms with E-state index in [-0.39, 0.29) is 17.6 Å². The summed E-state index contributed by atoms with van der Waals surface area (Å²) >= 11 is 4.86. The number of aliphatic carboxylic acids is 1. The van der Waals surface area contributed by atoms with Gasteiger partial charge in [0.1, 0.15) is 12.6 Å². The Bertz CT molecular complexity index is 295. The lowest BCUT2D eigenvalue weighted by Crippen LogP contribution is -2.36. The van der Waals surface area contributed by atoms with Gasteiger partial charge in [-0.25, -0.2) is 0 Å². The molecule has 0 spiro atoms. The van der Waals surface area contributed by atoms with Crippen LogP contribution in [0.25, 0.3) is 0 Å². The van der Waals surface area contributed by atoms with Crippen LogP contribution in [-0.2, 0) is 9.59 Å². The zero-order chi connectivity index (χ0) is 11.4. The molecule has 1 aliphatic heterocycles. The maximum atomic E-state index is 11.6. The molecule has 0 saturated carbocycles. The van der Waals surface area contributed by atoms with E-state index in [1.807, 2.05) is 0 Å². The van der Waals surface area contributed by atoms with Crippen LogP contribution in [0.3, 0.4) is 0 Å². The van der Waals surface area contributed by atoms with Gasteiger partial charge in [0.25, 0.3) is 5.91 Å². The van der Waals surface area contributed by atoms with Crippen LogP contribution in [0.5, 0.6) is 0 Å². The van der Waals surface area contributed by atoms with Crippen molar-refractivity contribution < 1.29 is 14.7 Å². The zero-order valence-corrected chi connectivity index (χ0v) is 8.92. The second kappa shape index (κ2) is 5.04. The molecule has 0 aromatic rings. The Hall–Kier alpha value is -1.21. The van der Waals surface area contributed by atoms with Crippen molar-refractivity contribution in [2.24, 2.45) is 5.73 Å². The van der Waals surface area contributed by atoms with Crippen molar-refractivity contribution in [3.05, 3.63) is 0 Å². The van der Waals surface area contributed by atoms with Crippen molar-refractivity contribution in [2.45, 2.75) is 18.9 Å². The normalized spacial score (nSPS) is 20.6. The second-order valence-electron chi connectivity index (χ2n) is 3.25. The van der Waals surface area contributed by atoms with Crippen LogP contribution in [0.15, 0.2) is 0 Å². The number of nitrogens with two attached hydrogens (primary N) is 1. The van der Waals surface area contributed by atoms with Gasteiger partial charge in [-0.05, 0) is 31.6 Å². The van der Waals surface area contributed by atoms with E-state index in [0.717, 1.165) is 4.90 Å². The monoisotopic (exact) mass is 231 g/mol. The first-order valence-corrected chi connectivity index (χ1v) is 5.01. The van der Waals surface area contributed by atoms with Gasteiger partial charge in [0.05, 0.1) is 0 Å². The number of nitrogens with zero attached hydrogens (tertiary/aromatic N) is 1. The fraction of sp³-hybridized carbons (Fsp3) is 0.625. The Kier molecular flexibility index (Phi) is 3.98. The highest BCUT2D eigenvalue weighted by Gasteiger charge is 2.35. The Labute approximate surface area is 92.4 Å². The topological polar surface area (TPSA) is 95.7 Å². The van der Waals surface area contributed by atoms with Crippen LogP contribution >= 0.6 is 12.2 Å². The quantitative estimate of drug-likeness (QED) is 0.520. The summed E-state index contributed by atoms with van der Waals surface area (Å²) in [6, 6.07) is -0.416.